The number of aliphatic hydroxyl groups excluding tert-OH is 1. The van der Waals surface area contributed by atoms with E-state index in [-0.39, 0.29) is 6.10 Å². The highest BCUT2D eigenvalue weighted by atomic mass is 16.3. The maximum Gasteiger partial charge on any atom is 0.0787 e. The van der Waals surface area contributed by atoms with Crippen molar-refractivity contribution in [2.45, 2.75) is 19.4 Å². The van der Waals surface area contributed by atoms with E-state index >= 15 is 0 Å². The molecule has 0 saturated heterocycles. The van der Waals surface area contributed by atoms with Crippen molar-refractivity contribution in [2.24, 2.45) is 0 Å². The minimum Gasteiger partial charge on any atom is -0.388 e. The average molecular weight is 241 g/mol. The Bertz CT molecular complexity index is 478. The molecular formula is C16H19NO. The van der Waals surface area contributed by atoms with Crippen molar-refractivity contribution in [1.82, 2.24) is 0 Å². The van der Waals surface area contributed by atoms with Crippen LogP contribution in [0, 0.1) is 0 Å². The summed E-state index contributed by atoms with van der Waals surface area (Å²) in [4.78, 5) is 2.13. The topological polar surface area (TPSA) is 23.5 Å². The Hall–Kier alpha value is -1.80. The van der Waals surface area contributed by atoms with Gasteiger partial charge in [0.15, 0.2) is 0 Å². The van der Waals surface area contributed by atoms with E-state index in [2.05, 4.69) is 17.0 Å². The van der Waals surface area contributed by atoms with Crippen LogP contribution >= 0.6 is 0 Å². The molecule has 1 N–H and O–H groups in total. The summed E-state index contributed by atoms with van der Waals surface area (Å²) in [5, 5.41) is 9.76. The van der Waals surface area contributed by atoms with Gasteiger partial charge < -0.3 is 10.0 Å². The van der Waals surface area contributed by atoms with Gasteiger partial charge in [0.25, 0.3) is 0 Å². The first-order valence-electron chi connectivity index (χ1n) is 6.29. The molecule has 0 saturated carbocycles. The van der Waals surface area contributed by atoms with Gasteiger partial charge in [-0.15, -0.1) is 0 Å². The van der Waals surface area contributed by atoms with Gasteiger partial charge in [0.1, 0.15) is 0 Å². The predicted octanol–water partition coefficient (Wildman–Crippen LogP) is 3.90. The third-order valence-electron chi connectivity index (χ3n) is 3.20. The molecule has 1 atom stereocenters. The molecule has 0 aromatic heterocycles. The molecule has 2 aromatic rings. The third kappa shape index (κ3) is 2.71. The van der Waals surface area contributed by atoms with Crippen LogP contribution in [0.2, 0.25) is 0 Å². The van der Waals surface area contributed by atoms with Crippen molar-refractivity contribution in [2.75, 3.05) is 11.9 Å². The first kappa shape index (κ1) is 12.7. The van der Waals surface area contributed by atoms with Gasteiger partial charge in [-0.1, -0.05) is 37.3 Å². The maximum atomic E-state index is 9.76. The van der Waals surface area contributed by atoms with Gasteiger partial charge in [0.05, 0.1) is 6.10 Å². The summed E-state index contributed by atoms with van der Waals surface area (Å²) >= 11 is 0. The van der Waals surface area contributed by atoms with Crippen molar-refractivity contribution in [1.29, 1.82) is 0 Å². The largest absolute Gasteiger partial charge is 0.388 e. The molecule has 94 valence electrons. The molecule has 0 heterocycles. The van der Waals surface area contributed by atoms with E-state index in [0.29, 0.717) is 0 Å². The zero-order valence-corrected chi connectivity index (χ0v) is 10.9. The Kier molecular flexibility index (Phi) is 4.00. The molecule has 0 aliphatic carbocycles. The van der Waals surface area contributed by atoms with E-state index in [4.69, 9.17) is 0 Å². The summed E-state index contributed by atoms with van der Waals surface area (Å²) in [7, 11) is 2.04. The van der Waals surface area contributed by atoms with E-state index in [1.807, 2.05) is 56.4 Å². The van der Waals surface area contributed by atoms with Crippen molar-refractivity contribution in [3.05, 3.63) is 60.2 Å². The molecule has 2 heteroatoms. The zero-order valence-electron chi connectivity index (χ0n) is 10.9. The molecule has 2 nitrogen and oxygen atoms in total. The van der Waals surface area contributed by atoms with Gasteiger partial charge in [-0.2, -0.15) is 0 Å². The second-order valence-electron chi connectivity index (χ2n) is 4.41. The van der Waals surface area contributed by atoms with Gasteiger partial charge in [0.2, 0.25) is 0 Å². The van der Waals surface area contributed by atoms with Gasteiger partial charge in [-0.25, -0.2) is 0 Å². The van der Waals surface area contributed by atoms with Crippen LogP contribution in [0.1, 0.15) is 25.0 Å². The molecule has 0 aliphatic heterocycles. The van der Waals surface area contributed by atoms with Crippen molar-refractivity contribution in [3.63, 3.8) is 0 Å². The molecule has 0 bridgehead atoms. The number of anilines is 2. The Morgan fingerprint density at radius 2 is 1.50 bits per heavy atom. The lowest BCUT2D eigenvalue weighted by Crippen LogP contribution is -2.09. The zero-order chi connectivity index (χ0) is 13.0. The number of aliphatic hydroxyl groups is 1. The number of para-hydroxylation sites is 1. The molecule has 0 aliphatic rings. The second kappa shape index (κ2) is 5.69. The van der Waals surface area contributed by atoms with Crippen LogP contribution in [0.5, 0.6) is 0 Å². The summed E-state index contributed by atoms with van der Waals surface area (Å²) < 4.78 is 0. The Morgan fingerprint density at radius 1 is 0.944 bits per heavy atom. The molecule has 0 radical (unpaired) electrons. The minimum absolute atomic E-state index is 0.360. The van der Waals surface area contributed by atoms with Gasteiger partial charge in [-0.3, -0.25) is 0 Å². The highest BCUT2D eigenvalue weighted by Crippen LogP contribution is 2.25. The van der Waals surface area contributed by atoms with Gasteiger partial charge >= 0.3 is 0 Å². The normalized spacial score (nSPS) is 12.2. The SMILES string of the molecule is CC[C@@H](O)c1ccc(N(C)c2ccccc2)cc1. The van der Waals surface area contributed by atoms with Crippen LogP contribution in [0.3, 0.4) is 0 Å². The number of benzene rings is 2. The van der Waals surface area contributed by atoms with Crippen LogP contribution < -0.4 is 4.90 Å². The molecule has 0 amide bonds. The fourth-order valence-corrected chi connectivity index (χ4v) is 1.96. The van der Waals surface area contributed by atoms with Crippen LogP contribution in [0.25, 0.3) is 0 Å². The lowest BCUT2D eigenvalue weighted by Gasteiger charge is -2.20. The van der Waals surface area contributed by atoms with Crippen molar-refractivity contribution >= 4 is 11.4 Å². The highest BCUT2D eigenvalue weighted by molar-refractivity contribution is 5.62. The number of hydrogen-bond acceptors (Lipinski definition) is 2. The van der Waals surface area contributed by atoms with E-state index < -0.39 is 0 Å². The first-order valence-corrected chi connectivity index (χ1v) is 6.29. The Morgan fingerprint density at radius 3 is 2.06 bits per heavy atom. The summed E-state index contributed by atoms with van der Waals surface area (Å²) in [5.41, 5.74) is 3.25. The number of nitrogens with zero attached hydrogens (tertiary/aromatic N) is 1. The van der Waals surface area contributed by atoms with E-state index in [1.165, 1.54) is 0 Å². The smallest absolute Gasteiger partial charge is 0.0787 e. The van der Waals surface area contributed by atoms with Crippen LogP contribution in [-0.4, -0.2) is 12.2 Å². The second-order valence-corrected chi connectivity index (χ2v) is 4.41. The molecule has 2 rings (SSSR count). The Labute approximate surface area is 109 Å². The Balaban J connectivity index is 2.19. The summed E-state index contributed by atoms with van der Waals surface area (Å²) in [6, 6.07) is 18.3. The van der Waals surface area contributed by atoms with Gasteiger partial charge in [0, 0.05) is 18.4 Å². The van der Waals surface area contributed by atoms with Crippen LogP contribution in [0.4, 0.5) is 11.4 Å². The summed E-state index contributed by atoms with van der Waals surface area (Å²) in [6.45, 7) is 1.98. The molecule has 18 heavy (non-hydrogen) atoms. The molecular weight excluding hydrogens is 222 g/mol. The van der Waals surface area contributed by atoms with E-state index in [0.717, 1.165) is 23.4 Å². The summed E-state index contributed by atoms with van der Waals surface area (Å²) in [5.74, 6) is 0. The van der Waals surface area contributed by atoms with E-state index in [1.54, 1.807) is 0 Å². The fourth-order valence-electron chi connectivity index (χ4n) is 1.96. The standard InChI is InChI=1S/C16H19NO/c1-3-16(18)13-9-11-15(12-10-13)17(2)14-7-5-4-6-8-14/h4-12,16,18H,3H2,1-2H3/t16-/m1/s1. The lowest BCUT2D eigenvalue weighted by atomic mass is 10.1. The quantitative estimate of drug-likeness (QED) is 0.877. The molecule has 0 spiro atoms. The fraction of sp³-hybridized carbons (Fsp3) is 0.250. The van der Waals surface area contributed by atoms with Gasteiger partial charge in [-0.05, 0) is 36.2 Å². The predicted molar refractivity (Wildman–Crippen MR) is 76.2 cm³/mol. The maximum absolute atomic E-state index is 9.76. The third-order valence-corrected chi connectivity index (χ3v) is 3.20. The number of rotatable bonds is 4. The lowest BCUT2D eigenvalue weighted by molar-refractivity contribution is 0.173. The van der Waals surface area contributed by atoms with Crippen molar-refractivity contribution in [3.8, 4) is 0 Å². The molecule has 0 unspecified atom stereocenters. The van der Waals surface area contributed by atoms with E-state index in [9.17, 15) is 5.11 Å². The molecule has 2 aromatic carbocycles. The van der Waals surface area contributed by atoms with Crippen LogP contribution in [0.15, 0.2) is 54.6 Å². The monoisotopic (exact) mass is 241 g/mol. The summed E-state index contributed by atoms with van der Waals surface area (Å²) in [6.07, 6.45) is 0.384. The minimum atomic E-state index is -0.360. The average Bonchev–Trinajstić information content (AvgIpc) is 2.47. The highest BCUT2D eigenvalue weighted by Gasteiger charge is 2.06. The van der Waals surface area contributed by atoms with Crippen molar-refractivity contribution < 1.29 is 5.11 Å². The number of hydrogen-bond donors (Lipinski definition) is 1. The first-order chi connectivity index (χ1) is 8.72. The molecule has 0 fully saturated rings. The van der Waals surface area contributed by atoms with Crippen LogP contribution in [-0.2, 0) is 0 Å².